The first-order valence-electron chi connectivity index (χ1n) is 12.1. The number of anilines is 1. The number of ether oxygens (including phenoxy) is 1. The number of benzene rings is 1. The molecule has 1 aliphatic heterocycles. The summed E-state index contributed by atoms with van der Waals surface area (Å²) in [5.41, 5.74) is 9.01. The van der Waals surface area contributed by atoms with Crippen LogP contribution in [-0.2, 0) is 22.7 Å². The summed E-state index contributed by atoms with van der Waals surface area (Å²) in [6.07, 6.45) is 5.58. The predicted octanol–water partition coefficient (Wildman–Crippen LogP) is 2.24. The van der Waals surface area contributed by atoms with E-state index in [4.69, 9.17) is 20.7 Å². The number of rotatable bonds is 10. The van der Waals surface area contributed by atoms with Gasteiger partial charge in [0.15, 0.2) is 11.5 Å². The molecule has 1 saturated heterocycles. The van der Waals surface area contributed by atoms with Crippen LogP contribution in [0.2, 0.25) is 0 Å². The van der Waals surface area contributed by atoms with Crippen molar-refractivity contribution in [1.82, 2.24) is 24.4 Å². The van der Waals surface area contributed by atoms with Crippen molar-refractivity contribution in [2.45, 2.75) is 45.7 Å². The molecule has 0 saturated carbocycles. The third-order valence-corrected chi connectivity index (χ3v) is 5.66. The van der Waals surface area contributed by atoms with Crippen molar-refractivity contribution in [3.63, 3.8) is 0 Å². The maximum absolute atomic E-state index is 12.6. The molecular formula is C25H32N6O6. The zero-order chi connectivity index (χ0) is 26.8. The van der Waals surface area contributed by atoms with E-state index in [9.17, 15) is 14.4 Å². The lowest BCUT2D eigenvalue weighted by molar-refractivity contribution is -0.134. The molecule has 37 heavy (non-hydrogen) atoms. The van der Waals surface area contributed by atoms with Gasteiger partial charge in [-0.1, -0.05) is 37.6 Å². The lowest BCUT2D eigenvalue weighted by atomic mass is 10.1. The number of carbonyl (C=O) groups is 2. The minimum Gasteiger partial charge on any atom is -0.478 e. The number of carboxylic acid groups (broad SMARTS) is 2. The number of nitrogens with two attached hydrogens (primary N) is 1. The average molecular weight is 513 g/mol. The molecule has 0 spiro atoms. The SMILES string of the molecule is CCCCOc1nc(N)c2[nH]c(=O)n(Cc3cccc(CN4CCCC4)c3)c2n1.O=C(O)/C=C/C(=O)O. The Bertz CT molecular complexity index is 1290. The van der Waals surface area contributed by atoms with E-state index >= 15 is 0 Å². The summed E-state index contributed by atoms with van der Waals surface area (Å²) in [6.45, 7) is 6.28. The summed E-state index contributed by atoms with van der Waals surface area (Å²) >= 11 is 0. The molecule has 2 aromatic heterocycles. The number of nitrogens with zero attached hydrogens (tertiary/aromatic N) is 4. The van der Waals surface area contributed by atoms with E-state index in [1.165, 1.54) is 18.4 Å². The van der Waals surface area contributed by atoms with Gasteiger partial charge in [-0.3, -0.25) is 9.47 Å². The first-order chi connectivity index (χ1) is 17.8. The number of fused-ring (bicyclic) bond motifs is 1. The summed E-state index contributed by atoms with van der Waals surface area (Å²) in [6, 6.07) is 8.58. The molecular weight excluding hydrogens is 480 g/mol. The second-order valence-corrected chi connectivity index (χ2v) is 8.62. The number of likely N-dealkylation sites (tertiary alicyclic amines) is 1. The fraction of sp³-hybridized carbons (Fsp3) is 0.400. The van der Waals surface area contributed by atoms with Crippen LogP contribution in [0.5, 0.6) is 6.01 Å². The van der Waals surface area contributed by atoms with Crippen LogP contribution >= 0.6 is 0 Å². The van der Waals surface area contributed by atoms with E-state index < -0.39 is 11.9 Å². The number of nitrogens with one attached hydrogen (secondary N) is 1. The topological polar surface area (TPSA) is 177 Å². The lowest BCUT2D eigenvalue weighted by Gasteiger charge is -2.15. The highest BCUT2D eigenvalue weighted by atomic mass is 16.5. The molecule has 0 aliphatic carbocycles. The number of nitrogen functional groups attached to an aromatic ring is 1. The summed E-state index contributed by atoms with van der Waals surface area (Å²) in [4.78, 5) is 45.5. The number of aromatic nitrogens is 4. The van der Waals surface area contributed by atoms with Crippen molar-refractivity contribution in [3.8, 4) is 6.01 Å². The Morgan fingerprint density at radius 2 is 1.76 bits per heavy atom. The van der Waals surface area contributed by atoms with Gasteiger partial charge in [-0.25, -0.2) is 14.4 Å². The van der Waals surface area contributed by atoms with Gasteiger partial charge in [0.05, 0.1) is 13.2 Å². The second kappa shape index (κ2) is 13.2. The monoisotopic (exact) mass is 512 g/mol. The molecule has 0 unspecified atom stereocenters. The number of unbranched alkanes of at least 4 members (excludes halogenated alkanes) is 1. The first kappa shape index (κ1) is 27.4. The van der Waals surface area contributed by atoms with Crippen molar-refractivity contribution < 1.29 is 24.5 Å². The van der Waals surface area contributed by atoms with Gasteiger partial charge in [-0.05, 0) is 43.5 Å². The van der Waals surface area contributed by atoms with Gasteiger partial charge in [0.2, 0.25) is 0 Å². The van der Waals surface area contributed by atoms with Gasteiger partial charge in [0.25, 0.3) is 0 Å². The van der Waals surface area contributed by atoms with Crippen LogP contribution in [0.25, 0.3) is 11.2 Å². The highest BCUT2D eigenvalue weighted by Gasteiger charge is 2.16. The zero-order valence-corrected chi connectivity index (χ0v) is 20.7. The highest BCUT2D eigenvalue weighted by molar-refractivity contribution is 5.89. The number of aromatic amines is 1. The first-order valence-corrected chi connectivity index (χ1v) is 12.1. The maximum atomic E-state index is 12.6. The minimum absolute atomic E-state index is 0.207. The number of imidazole rings is 1. The minimum atomic E-state index is -1.26. The van der Waals surface area contributed by atoms with E-state index in [1.54, 1.807) is 4.57 Å². The van der Waals surface area contributed by atoms with Gasteiger partial charge in [-0.2, -0.15) is 9.97 Å². The van der Waals surface area contributed by atoms with Gasteiger partial charge < -0.3 is 25.7 Å². The lowest BCUT2D eigenvalue weighted by Crippen LogP contribution is -2.19. The molecule has 0 radical (unpaired) electrons. The number of H-pyrrole nitrogens is 1. The Hall–Kier alpha value is -4.19. The van der Waals surface area contributed by atoms with E-state index in [1.807, 2.05) is 12.1 Å². The van der Waals surface area contributed by atoms with Crippen LogP contribution in [0, 0.1) is 0 Å². The molecule has 3 heterocycles. The normalized spacial score (nSPS) is 13.5. The van der Waals surface area contributed by atoms with Gasteiger partial charge >= 0.3 is 23.6 Å². The predicted molar refractivity (Wildman–Crippen MR) is 137 cm³/mol. The molecule has 4 rings (SSSR count). The number of hydrogen-bond acceptors (Lipinski definition) is 8. The Balaban J connectivity index is 0.000000414. The summed E-state index contributed by atoms with van der Waals surface area (Å²) < 4.78 is 7.20. The van der Waals surface area contributed by atoms with Crippen LogP contribution in [0.15, 0.2) is 41.2 Å². The Labute approximate surface area is 213 Å². The molecule has 0 bridgehead atoms. The van der Waals surface area contributed by atoms with Crippen LogP contribution in [0.4, 0.5) is 5.82 Å². The van der Waals surface area contributed by atoms with E-state index in [-0.39, 0.29) is 17.5 Å². The van der Waals surface area contributed by atoms with Crippen LogP contribution < -0.4 is 16.2 Å². The fourth-order valence-corrected chi connectivity index (χ4v) is 3.90. The number of carboxylic acids is 2. The van der Waals surface area contributed by atoms with Crippen LogP contribution in [0.3, 0.4) is 0 Å². The second-order valence-electron chi connectivity index (χ2n) is 8.62. The van der Waals surface area contributed by atoms with Gasteiger partial charge in [0.1, 0.15) is 5.52 Å². The molecule has 12 heteroatoms. The molecule has 3 aromatic rings. The van der Waals surface area contributed by atoms with E-state index in [0.717, 1.165) is 38.0 Å². The van der Waals surface area contributed by atoms with E-state index in [2.05, 4.69) is 38.9 Å². The molecule has 1 aromatic carbocycles. The molecule has 12 nitrogen and oxygen atoms in total. The van der Waals surface area contributed by atoms with Crippen LogP contribution in [-0.4, -0.2) is 66.3 Å². The smallest absolute Gasteiger partial charge is 0.328 e. The molecule has 198 valence electrons. The average Bonchev–Trinajstić information content (AvgIpc) is 3.47. The highest BCUT2D eigenvalue weighted by Crippen LogP contribution is 2.19. The third-order valence-electron chi connectivity index (χ3n) is 5.66. The Morgan fingerprint density at radius 1 is 1.11 bits per heavy atom. The van der Waals surface area contributed by atoms with Crippen LogP contribution in [0.1, 0.15) is 43.7 Å². The fourth-order valence-electron chi connectivity index (χ4n) is 3.90. The maximum Gasteiger partial charge on any atom is 0.328 e. The van der Waals surface area contributed by atoms with E-state index in [0.29, 0.717) is 36.5 Å². The van der Waals surface area contributed by atoms with Crippen molar-refractivity contribution >= 4 is 28.9 Å². The van der Waals surface area contributed by atoms with Gasteiger partial charge in [0, 0.05) is 18.7 Å². The van der Waals surface area contributed by atoms with Gasteiger partial charge in [-0.15, -0.1) is 0 Å². The molecule has 5 N–H and O–H groups in total. The summed E-state index contributed by atoms with van der Waals surface area (Å²) in [5.74, 6) is -2.29. The van der Waals surface area contributed by atoms with Crippen molar-refractivity contribution in [3.05, 3.63) is 58.0 Å². The largest absolute Gasteiger partial charge is 0.478 e. The van der Waals surface area contributed by atoms with Crippen molar-refractivity contribution in [2.75, 3.05) is 25.4 Å². The third kappa shape index (κ3) is 8.17. The molecule has 1 fully saturated rings. The zero-order valence-electron chi connectivity index (χ0n) is 20.7. The molecule has 0 amide bonds. The summed E-state index contributed by atoms with van der Waals surface area (Å²) in [7, 11) is 0. The quantitative estimate of drug-likeness (QED) is 0.233. The van der Waals surface area contributed by atoms with Crippen molar-refractivity contribution in [1.29, 1.82) is 0 Å². The Morgan fingerprint density at radius 3 is 2.38 bits per heavy atom. The Kier molecular flexibility index (Phi) is 9.78. The standard InChI is InChI=1S/C21H28N6O2.C4H4O4/c1-2-3-11-29-20-24-18(22)17-19(25-20)27(21(28)23-17)14-16-8-6-7-15(12-16)13-26-9-4-5-10-26;5-3(6)1-2-4(7)8/h6-8,12H,2-5,9-11,13-14H2,1H3,(H,23,28)(H2,22,24,25);1-2H,(H,5,6)(H,7,8)/b;2-1+. The summed E-state index contributed by atoms with van der Waals surface area (Å²) in [5, 5.41) is 15.6. The van der Waals surface area contributed by atoms with Crippen molar-refractivity contribution in [2.24, 2.45) is 0 Å². The molecule has 0 atom stereocenters. The molecule has 1 aliphatic rings. The number of aliphatic carboxylic acids is 2. The number of hydrogen-bond donors (Lipinski definition) is 4.